The number of carbonyl (C=O) groups is 3. The molecular weight excluding hydrogens is 651 g/mol. The summed E-state index contributed by atoms with van der Waals surface area (Å²) in [6.45, 7) is 0. The largest absolute Gasteiger partial charge is 0.368 e. The molecule has 6 heterocycles. The monoisotopic (exact) mass is 679 g/mol. The van der Waals surface area contributed by atoms with Crippen LogP contribution in [-0.2, 0) is 14.4 Å². The van der Waals surface area contributed by atoms with Gasteiger partial charge in [-0.15, -0.1) is 5.06 Å². The van der Waals surface area contributed by atoms with Gasteiger partial charge in [-0.1, -0.05) is 91.0 Å². The first-order valence-corrected chi connectivity index (χ1v) is 16.9. The van der Waals surface area contributed by atoms with E-state index < -0.39 is 17.8 Å². The van der Waals surface area contributed by atoms with Gasteiger partial charge in [0.25, 0.3) is 11.8 Å². The van der Waals surface area contributed by atoms with E-state index in [0.29, 0.717) is 27.5 Å². The smallest absolute Gasteiger partial charge is 0.354 e. The van der Waals surface area contributed by atoms with Crippen molar-refractivity contribution in [2.45, 2.75) is 12.8 Å². The maximum absolute atomic E-state index is 14.1. The van der Waals surface area contributed by atoms with Crippen LogP contribution in [0.4, 0.5) is 0 Å². The Kier molecular flexibility index (Phi) is 7.51. The number of rotatable bonds is 5. The fourth-order valence-electron chi connectivity index (χ4n) is 6.93. The summed E-state index contributed by atoms with van der Waals surface area (Å²) in [6.07, 6.45) is 7.58. The van der Waals surface area contributed by atoms with E-state index in [-0.39, 0.29) is 18.4 Å². The van der Waals surface area contributed by atoms with Crippen molar-refractivity contribution in [3.63, 3.8) is 0 Å². The lowest BCUT2D eigenvalue weighted by Crippen LogP contribution is -2.32. The Balaban J connectivity index is 1.42. The van der Waals surface area contributed by atoms with Gasteiger partial charge in [0, 0.05) is 46.1 Å². The number of nitrogens with one attached hydrogen (secondary N) is 2. The van der Waals surface area contributed by atoms with Gasteiger partial charge in [-0.3, -0.25) is 9.59 Å². The molecule has 3 aromatic carbocycles. The highest BCUT2D eigenvalue weighted by atomic mass is 16.7. The fourth-order valence-corrected chi connectivity index (χ4v) is 6.93. The Morgan fingerprint density at radius 3 is 1.31 bits per heavy atom. The van der Waals surface area contributed by atoms with Gasteiger partial charge in [0.05, 0.1) is 28.3 Å². The van der Waals surface area contributed by atoms with Crippen LogP contribution < -0.4 is 0 Å². The number of nitrogens with zero attached hydrogens (tertiary/aromatic N) is 3. The van der Waals surface area contributed by atoms with E-state index in [1.165, 1.54) is 0 Å². The molecule has 2 amide bonds. The summed E-state index contributed by atoms with van der Waals surface area (Å²) < 4.78 is 0. The molecule has 1 saturated heterocycles. The van der Waals surface area contributed by atoms with Crippen LogP contribution in [0, 0.1) is 0 Å². The van der Waals surface area contributed by atoms with E-state index in [4.69, 9.17) is 14.8 Å². The standard InChI is InChI=1S/C43H29N5O4/c49-37-24-25-38(50)48(37)52-43(51)42-35-22-20-33(46-35)40(27-12-6-2-7-13-27)31-18-16-29(44-31)39(26-10-4-1-5-11-26)30-17-19-32(45-30)41(28-14-8-3-9-15-28)34-21-23-36(42)47-34/h1-23,44,47H,24-25H2. The maximum Gasteiger partial charge on any atom is 0.368 e. The molecule has 9 nitrogen and oxygen atoms in total. The van der Waals surface area contributed by atoms with Gasteiger partial charge in [0.2, 0.25) is 0 Å². The van der Waals surface area contributed by atoms with E-state index >= 15 is 0 Å². The van der Waals surface area contributed by atoms with Crippen molar-refractivity contribution in [2.24, 2.45) is 0 Å². The Morgan fingerprint density at radius 2 is 0.865 bits per heavy atom. The quantitative estimate of drug-likeness (QED) is 0.175. The van der Waals surface area contributed by atoms with Crippen LogP contribution in [0.2, 0.25) is 0 Å². The molecule has 52 heavy (non-hydrogen) atoms. The third kappa shape index (κ3) is 5.41. The van der Waals surface area contributed by atoms with Crippen molar-refractivity contribution < 1.29 is 19.2 Å². The van der Waals surface area contributed by atoms with Crippen LogP contribution >= 0.6 is 0 Å². The summed E-state index contributed by atoms with van der Waals surface area (Å²) >= 11 is 0. The minimum absolute atomic E-state index is 0.0200. The number of aromatic amines is 2. The molecule has 0 atom stereocenters. The second-order valence-corrected chi connectivity index (χ2v) is 12.6. The number of amides is 2. The number of hydrogen-bond acceptors (Lipinski definition) is 6. The highest BCUT2D eigenvalue weighted by Gasteiger charge is 2.34. The molecule has 0 spiro atoms. The summed E-state index contributed by atoms with van der Waals surface area (Å²) in [4.78, 5) is 61.9. The first kappa shape index (κ1) is 30.9. The lowest BCUT2D eigenvalue weighted by Gasteiger charge is -2.13. The van der Waals surface area contributed by atoms with Gasteiger partial charge in [-0.05, 0) is 65.3 Å². The number of fused-ring (bicyclic) bond motifs is 8. The zero-order chi connectivity index (χ0) is 35.2. The molecule has 9 heteroatoms. The minimum atomic E-state index is -0.886. The summed E-state index contributed by atoms with van der Waals surface area (Å²) in [5.41, 5.74) is 10.7. The van der Waals surface area contributed by atoms with Crippen molar-refractivity contribution in [2.75, 3.05) is 0 Å². The van der Waals surface area contributed by atoms with Crippen molar-refractivity contribution in [1.29, 1.82) is 0 Å². The van der Waals surface area contributed by atoms with Crippen LogP contribution in [0.5, 0.6) is 0 Å². The van der Waals surface area contributed by atoms with Gasteiger partial charge in [0.1, 0.15) is 5.56 Å². The Morgan fingerprint density at radius 1 is 0.500 bits per heavy atom. The lowest BCUT2D eigenvalue weighted by molar-refractivity contribution is -0.172. The van der Waals surface area contributed by atoms with Crippen LogP contribution in [0.1, 0.15) is 46.0 Å². The van der Waals surface area contributed by atoms with E-state index in [0.717, 1.165) is 55.8 Å². The van der Waals surface area contributed by atoms with Crippen molar-refractivity contribution in [1.82, 2.24) is 25.0 Å². The zero-order valence-electron chi connectivity index (χ0n) is 27.7. The average molecular weight is 680 g/mol. The van der Waals surface area contributed by atoms with Gasteiger partial charge in [-0.2, -0.15) is 0 Å². The molecule has 1 fully saturated rings. The highest BCUT2D eigenvalue weighted by Crippen LogP contribution is 2.37. The number of aromatic nitrogens is 4. The summed E-state index contributed by atoms with van der Waals surface area (Å²) in [5.74, 6) is -2.02. The van der Waals surface area contributed by atoms with Crippen molar-refractivity contribution >= 4 is 64.2 Å². The summed E-state index contributed by atoms with van der Waals surface area (Å²) in [6, 6.07) is 37.7. The molecule has 6 aromatic rings. The topological polar surface area (TPSA) is 121 Å². The molecule has 2 N–H and O–H groups in total. The van der Waals surface area contributed by atoms with Crippen LogP contribution in [0.25, 0.3) is 79.8 Å². The first-order chi connectivity index (χ1) is 25.5. The molecule has 0 radical (unpaired) electrons. The number of carbonyl (C=O) groups excluding carboxylic acids is 3. The van der Waals surface area contributed by atoms with Crippen LogP contribution in [-0.4, -0.2) is 42.8 Å². The third-order valence-corrected chi connectivity index (χ3v) is 9.33. The number of hydrogen-bond donors (Lipinski definition) is 2. The lowest BCUT2D eigenvalue weighted by atomic mass is 10.0. The molecule has 3 aliphatic heterocycles. The molecule has 0 saturated carbocycles. The number of hydroxylamine groups is 2. The predicted molar refractivity (Wildman–Crippen MR) is 202 cm³/mol. The maximum atomic E-state index is 14.1. The molecule has 3 aliphatic rings. The van der Waals surface area contributed by atoms with Crippen LogP contribution in [0.15, 0.2) is 115 Å². The van der Waals surface area contributed by atoms with Gasteiger partial charge in [0.15, 0.2) is 0 Å². The summed E-state index contributed by atoms with van der Waals surface area (Å²) in [5, 5.41) is 0.557. The SMILES string of the molecule is O=C(ON1C(=O)CCC1=O)c1c2nc(c(-c3ccccc3)c3ccc([nH]3)c(-c3ccccc3)c3nc(c(-c4ccccc4)c4ccc1[nH]4)C=C3)C=C2. The molecule has 8 bridgehead atoms. The van der Waals surface area contributed by atoms with Crippen molar-refractivity contribution in [3.05, 3.63) is 144 Å². The Bertz CT molecular complexity index is 2600. The molecule has 0 aliphatic carbocycles. The van der Waals surface area contributed by atoms with E-state index in [9.17, 15) is 14.4 Å². The minimum Gasteiger partial charge on any atom is -0.354 e. The normalized spacial score (nSPS) is 13.6. The second kappa shape index (κ2) is 12.6. The third-order valence-electron chi connectivity index (χ3n) is 9.33. The fraction of sp³-hybridized carbons (Fsp3) is 0.0465. The highest BCUT2D eigenvalue weighted by molar-refractivity contribution is 6.07. The molecule has 3 aromatic heterocycles. The molecule has 0 unspecified atom stereocenters. The number of H-pyrrole nitrogens is 2. The molecule has 9 rings (SSSR count). The van der Waals surface area contributed by atoms with Gasteiger partial charge >= 0.3 is 5.97 Å². The summed E-state index contributed by atoms with van der Waals surface area (Å²) in [7, 11) is 0. The van der Waals surface area contributed by atoms with Crippen LogP contribution in [0.3, 0.4) is 0 Å². The van der Waals surface area contributed by atoms with E-state index in [1.807, 2.05) is 109 Å². The average Bonchev–Trinajstić information content (AvgIpc) is 4.03. The Labute approximate surface area is 297 Å². The molecule has 250 valence electrons. The Hall–Kier alpha value is -7.13. The van der Waals surface area contributed by atoms with E-state index in [1.54, 1.807) is 12.1 Å². The molecular formula is C43H29N5O4. The number of imide groups is 1. The van der Waals surface area contributed by atoms with Crippen molar-refractivity contribution in [3.8, 4) is 33.4 Å². The zero-order valence-corrected chi connectivity index (χ0v) is 27.7. The second-order valence-electron chi connectivity index (χ2n) is 12.6. The van der Waals surface area contributed by atoms with Gasteiger partial charge in [-0.25, -0.2) is 14.8 Å². The predicted octanol–water partition coefficient (Wildman–Crippen LogP) is 8.88. The van der Waals surface area contributed by atoms with Gasteiger partial charge < -0.3 is 14.8 Å². The van der Waals surface area contributed by atoms with E-state index in [2.05, 4.69) is 28.2 Å². The number of benzene rings is 3. The first-order valence-electron chi connectivity index (χ1n) is 16.9.